The molecule has 0 aromatic carbocycles. The number of thiol groups is 1. The van der Waals surface area contributed by atoms with Crippen molar-refractivity contribution in [2.45, 2.75) is 6.92 Å². The summed E-state index contributed by atoms with van der Waals surface area (Å²) in [5.74, 6) is 0.0757. The SMILES string of the molecule is CC(=O)c1ccc(C(=O)S)o1. The van der Waals surface area contributed by atoms with E-state index in [-0.39, 0.29) is 17.3 Å². The second-order valence-electron chi connectivity index (χ2n) is 2.03. The molecule has 1 heterocycles. The number of carbonyl (C=O) groups is 2. The van der Waals surface area contributed by atoms with E-state index in [2.05, 4.69) is 12.6 Å². The van der Waals surface area contributed by atoms with Gasteiger partial charge in [-0.3, -0.25) is 9.59 Å². The third-order valence-electron chi connectivity index (χ3n) is 1.16. The van der Waals surface area contributed by atoms with Crippen molar-refractivity contribution in [1.82, 2.24) is 0 Å². The molecule has 1 aromatic rings. The van der Waals surface area contributed by atoms with Gasteiger partial charge in [0, 0.05) is 6.92 Å². The number of hydrogen-bond acceptors (Lipinski definition) is 3. The molecule has 1 aromatic heterocycles. The van der Waals surface area contributed by atoms with Crippen molar-refractivity contribution in [2.24, 2.45) is 0 Å². The van der Waals surface area contributed by atoms with Crippen LogP contribution in [0.5, 0.6) is 0 Å². The monoisotopic (exact) mass is 170 g/mol. The van der Waals surface area contributed by atoms with Gasteiger partial charge in [0.2, 0.25) is 0 Å². The van der Waals surface area contributed by atoms with Gasteiger partial charge in [0.15, 0.2) is 17.3 Å². The first-order chi connectivity index (χ1) is 5.11. The maximum Gasteiger partial charge on any atom is 0.251 e. The average Bonchev–Trinajstić information content (AvgIpc) is 2.33. The lowest BCUT2D eigenvalue weighted by Crippen LogP contribution is -1.88. The third-order valence-corrected chi connectivity index (χ3v) is 1.38. The van der Waals surface area contributed by atoms with Crippen LogP contribution in [0.4, 0.5) is 0 Å². The van der Waals surface area contributed by atoms with Gasteiger partial charge in [0.1, 0.15) is 0 Å². The van der Waals surface area contributed by atoms with Crippen LogP contribution in [-0.4, -0.2) is 10.9 Å². The molecule has 0 bridgehead atoms. The van der Waals surface area contributed by atoms with E-state index in [1.807, 2.05) is 0 Å². The first-order valence-electron chi connectivity index (χ1n) is 2.95. The summed E-state index contributed by atoms with van der Waals surface area (Å²) in [6.45, 7) is 1.37. The molecule has 0 aliphatic rings. The molecule has 11 heavy (non-hydrogen) atoms. The average molecular weight is 170 g/mol. The van der Waals surface area contributed by atoms with Crippen LogP contribution in [0.15, 0.2) is 16.5 Å². The number of furan rings is 1. The molecule has 4 heteroatoms. The molecule has 0 atom stereocenters. The topological polar surface area (TPSA) is 47.3 Å². The number of rotatable bonds is 2. The summed E-state index contributed by atoms with van der Waals surface area (Å²) in [5.41, 5.74) is 0. The van der Waals surface area contributed by atoms with Gasteiger partial charge in [-0.2, -0.15) is 0 Å². The summed E-state index contributed by atoms with van der Waals surface area (Å²) in [4.78, 5) is 21.2. The van der Waals surface area contributed by atoms with E-state index >= 15 is 0 Å². The molecule has 0 aliphatic heterocycles. The van der Waals surface area contributed by atoms with Crippen molar-refractivity contribution >= 4 is 23.5 Å². The predicted octanol–water partition coefficient (Wildman–Crippen LogP) is 1.55. The summed E-state index contributed by atoms with van der Waals surface area (Å²) in [7, 11) is 0. The standard InChI is InChI=1S/C7H6O3S/c1-4(8)5-2-3-6(10-5)7(9)11/h2-3H,1H3,(H,9,11). The van der Waals surface area contributed by atoms with E-state index < -0.39 is 5.12 Å². The maximum atomic E-state index is 10.7. The molecule has 0 spiro atoms. The Balaban J connectivity index is 2.99. The molecular weight excluding hydrogens is 164 g/mol. The zero-order valence-electron chi connectivity index (χ0n) is 5.83. The molecule has 0 saturated carbocycles. The second-order valence-corrected chi connectivity index (χ2v) is 2.43. The van der Waals surface area contributed by atoms with E-state index in [9.17, 15) is 9.59 Å². The molecule has 0 radical (unpaired) electrons. The van der Waals surface area contributed by atoms with Crippen LogP contribution < -0.4 is 0 Å². The van der Waals surface area contributed by atoms with E-state index in [0.717, 1.165) is 0 Å². The van der Waals surface area contributed by atoms with Crippen molar-refractivity contribution in [2.75, 3.05) is 0 Å². The minimum Gasteiger partial charge on any atom is -0.449 e. The van der Waals surface area contributed by atoms with Crippen LogP contribution in [0.2, 0.25) is 0 Å². The Labute approximate surface area is 68.8 Å². The molecule has 0 unspecified atom stereocenters. The molecule has 0 fully saturated rings. The highest BCUT2D eigenvalue weighted by atomic mass is 32.1. The Bertz CT molecular complexity index is 272. The van der Waals surface area contributed by atoms with Crippen LogP contribution in [0.25, 0.3) is 0 Å². The van der Waals surface area contributed by atoms with Gasteiger partial charge in [0.05, 0.1) is 0 Å². The molecular formula is C7H6O3S. The normalized spacial score (nSPS) is 9.64. The van der Waals surface area contributed by atoms with Crippen LogP contribution in [0.1, 0.15) is 28.0 Å². The van der Waals surface area contributed by atoms with E-state index in [1.165, 1.54) is 19.1 Å². The number of ketones is 1. The molecule has 0 saturated heterocycles. The fraction of sp³-hybridized carbons (Fsp3) is 0.143. The first-order valence-corrected chi connectivity index (χ1v) is 3.40. The predicted molar refractivity (Wildman–Crippen MR) is 42.0 cm³/mol. The number of carbonyl (C=O) groups excluding carboxylic acids is 2. The molecule has 1 rings (SSSR count). The van der Waals surface area contributed by atoms with Gasteiger partial charge in [-0.15, -0.1) is 0 Å². The van der Waals surface area contributed by atoms with Crippen LogP contribution in [0, 0.1) is 0 Å². The Morgan fingerprint density at radius 1 is 1.36 bits per heavy atom. The molecule has 0 amide bonds. The van der Waals surface area contributed by atoms with Gasteiger partial charge in [0.25, 0.3) is 5.12 Å². The highest BCUT2D eigenvalue weighted by molar-refractivity contribution is 7.97. The quantitative estimate of drug-likeness (QED) is 0.541. The van der Waals surface area contributed by atoms with Crippen molar-refractivity contribution in [1.29, 1.82) is 0 Å². The summed E-state index contributed by atoms with van der Waals surface area (Å²) in [6, 6.07) is 2.87. The zero-order valence-corrected chi connectivity index (χ0v) is 6.72. The highest BCUT2D eigenvalue weighted by Gasteiger charge is 2.08. The minimum absolute atomic E-state index is 0.0959. The van der Waals surface area contributed by atoms with Crippen LogP contribution in [0.3, 0.4) is 0 Å². The molecule has 0 aliphatic carbocycles. The Hall–Kier alpha value is -1.03. The summed E-state index contributed by atoms with van der Waals surface area (Å²) in [6.07, 6.45) is 0. The molecule has 0 N–H and O–H groups in total. The summed E-state index contributed by atoms with van der Waals surface area (Å²) < 4.78 is 4.83. The largest absolute Gasteiger partial charge is 0.449 e. The fourth-order valence-electron chi connectivity index (χ4n) is 0.642. The minimum atomic E-state index is -0.475. The molecule has 3 nitrogen and oxygen atoms in total. The Kier molecular flexibility index (Phi) is 2.14. The Morgan fingerprint density at radius 3 is 2.18 bits per heavy atom. The number of Topliss-reactive ketones (excluding diaryl/α,β-unsaturated/α-hetero) is 1. The summed E-state index contributed by atoms with van der Waals surface area (Å²) >= 11 is 3.53. The van der Waals surface area contributed by atoms with Gasteiger partial charge in [-0.1, -0.05) is 12.6 Å². The highest BCUT2D eigenvalue weighted by Crippen LogP contribution is 2.10. The van der Waals surface area contributed by atoms with Gasteiger partial charge in [-0.25, -0.2) is 0 Å². The maximum absolute atomic E-state index is 10.7. The first kappa shape index (κ1) is 8.07. The van der Waals surface area contributed by atoms with Crippen molar-refractivity contribution in [3.8, 4) is 0 Å². The lowest BCUT2D eigenvalue weighted by molar-refractivity contribution is 0.0981. The second kappa shape index (κ2) is 2.92. The lowest BCUT2D eigenvalue weighted by Gasteiger charge is -1.85. The number of hydrogen-bond donors (Lipinski definition) is 1. The van der Waals surface area contributed by atoms with Crippen molar-refractivity contribution < 1.29 is 14.0 Å². The van der Waals surface area contributed by atoms with Crippen molar-refractivity contribution in [3.63, 3.8) is 0 Å². The zero-order chi connectivity index (χ0) is 8.43. The smallest absolute Gasteiger partial charge is 0.251 e. The van der Waals surface area contributed by atoms with Gasteiger partial charge < -0.3 is 4.42 Å². The lowest BCUT2D eigenvalue weighted by atomic mass is 10.3. The Morgan fingerprint density at radius 2 is 1.91 bits per heavy atom. The van der Waals surface area contributed by atoms with E-state index in [4.69, 9.17) is 4.42 Å². The van der Waals surface area contributed by atoms with Crippen molar-refractivity contribution in [3.05, 3.63) is 23.7 Å². The van der Waals surface area contributed by atoms with Gasteiger partial charge in [-0.05, 0) is 12.1 Å². The molecule has 58 valence electrons. The van der Waals surface area contributed by atoms with Crippen LogP contribution >= 0.6 is 12.6 Å². The van der Waals surface area contributed by atoms with E-state index in [0.29, 0.717) is 0 Å². The van der Waals surface area contributed by atoms with E-state index in [1.54, 1.807) is 0 Å². The fourth-order valence-corrected chi connectivity index (χ4v) is 0.762. The van der Waals surface area contributed by atoms with Crippen LogP contribution in [-0.2, 0) is 0 Å². The summed E-state index contributed by atoms with van der Waals surface area (Å²) in [5, 5.41) is -0.475. The third kappa shape index (κ3) is 1.71. The van der Waals surface area contributed by atoms with Gasteiger partial charge >= 0.3 is 0 Å².